The molecule has 0 bridgehead atoms. The molecular weight excluding hydrogens is 424 g/mol. The van der Waals surface area contributed by atoms with Crippen LogP contribution in [0, 0.1) is 0 Å². The lowest BCUT2D eigenvalue weighted by Crippen LogP contribution is -2.31. The van der Waals surface area contributed by atoms with E-state index in [0.29, 0.717) is 10.0 Å². The van der Waals surface area contributed by atoms with Crippen LogP contribution in [0.15, 0.2) is 36.4 Å². The topological polar surface area (TPSA) is 72.5 Å². The van der Waals surface area contributed by atoms with Crippen LogP contribution in [0.2, 0.25) is 20.1 Å². The quantitative estimate of drug-likeness (QED) is 0.538. The summed E-state index contributed by atoms with van der Waals surface area (Å²) in [5.41, 5.74) is 0.341. The molecule has 2 aromatic carbocycles. The van der Waals surface area contributed by atoms with Gasteiger partial charge in [-0.25, -0.2) is 0 Å². The number of hydrogen-bond donors (Lipinski definition) is 1. The van der Waals surface area contributed by atoms with E-state index in [1.807, 2.05) is 0 Å². The van der Waals surface area contributed by atoms with Gasteiger partial charge < -0.3 is 10.1 Å². The van der Waals surface area contributed by atoms with Crippen LogP contribution in [0.4, 0.5) is 0 Å². The number of carbonyl (C=O) groups excluding carboxylic acids is 3. The van der Waals surface area contributed by atoms with Gasteiger partial charge in [-0.05, 0) is 36.4 Å². The molecule has 0 aliphatic carbocycles. The molecule has 0 aliphatic rings. The highest BCUT2D eigenvalue weighted by molar-refractivity contribution is 6.37. The molecule has 0 saturated heterocycles. The Morgan fingerprint density at radius 1 is 0.846 bits per heavy atom. The summed E-state index contributed by atoms with van der Waals surface area (Å²) in [6.07, 6.45) is 0. The first-order valence-corrected chi connectivity index (χ1v) is 8.66. The van der Waals surface area contributed by atoms with Crippen LogP contribution in [-0.4, -0.2) is 30.8 Å². The fraction of sp³-hybridized carbons (Fsp3) is 0.118. The van der Waals surface area contributed by atoms with E-state index in [9.17, 15) is 14.4 Å². The van der Waals surface area contributed by atoms with Gasteiger partial charge in [-0.3, -0.25) is 14.4 Å². The molecule has 0 radical (unpaired) electrons. The molecule has 0 unspecified atom stereocenters. The van der Waals surface area contributed by atoms with Gasteiger partial charge in [0.25, 0.3) is 5.91 Å². The van der Waals surface area contributed by atoms with Crippen molar-refractivity contribution in [3.63, 3.8) is 0 Å². The van der Waals surface area contributed by atoms with Gasteiger partial charge >= 0.3 is 5.97 Å². The maximum absolute atomic E-state index is 12.0. The standard InChI is InChI=1S/C17H11Cl4NO4/c18-9-1-3-11(13(20)5-9)15(23)8-26-16(24)7-22-17(25)12-4-2-10(19)6-14(12)21/h1-6H,7-8H2,(H,22,25). The molecule has 26 heavy (non-hydrogen) atoms. The smallest absolute Gasteiger partial charge is 0.325 e. The molecule has 0 aliphatic heterocycles. The molecule has 0 aromatic heterocycles. The lowest BCUT2D eigenvalue weighted by atomic mass is 10.1. The second-order valence-corrected chi connectivity index (χ2v) is 6.70. The number of rotatable bonds is 6. The largest absolute Gasteiger partial charge is 0.456 e. The predicted octanol–water partition coefficient (Wildman–Crippen LogP) is 4.46. The van der Waals surface area contributed by atoms with Crippen molar-refractivity contribution >= 4 is 64.1 Å². The van der Waals surface area contributed by atoms with E-state index < -0.39 is 30.8 Å². The maximum atomic E-state index is 12.0. The zero-order valence-corrected chi connectivity index (χ0v) is 16.0. The minimum absolute atomic E-state index is 0.149. The number of nitrogens with one attached hydrogen (secondary N) is 1. The molecule has 0 fully saturated rings. The first kappa shape index (κ1) is 20.5. The first-order chi connectivity index (χ1) is 12.3. The number of esters is 1. The van der Waals surface area contributed by atoms with Crippen molar-refractivity contribution < 1.29 is 19.1 Å². The summed E-state index contributed by atoms with van der Waals surface area (Å²) in [6, 6.07) is 8.68. The van der Waals surface area contributed by atoms with Crippen molar-refractivity contribution in [1.82, 2.24) is 5.32 Å². The monoisotopic (exact) mass is 433 g/mol. The Hall–Kier alpha value is -1.79. The van der Waals surface area contributed by atoms with Crippen LogP contribution in [0.25, 0.3) is 0 Å². The number of amides is 1. The Balaban J connectivity index is 1.85. The number of hydrogen-bond acceptors (Lipinski definition) is 4. The first-order valence-electron chi connectivity index (χ1n) is 7.15. The van der Waals surface area contributed by atoms with Gasteiger partial charge in [-0.15, -0.1) is 0 Å². The summed E-state index contributed by atoms with van der Waals surface area (Å²) < 4.78 is 4.83. The van der Waals surface area contributed by atoms with Crippen molar-refractivity contribution in [3.8, 4) is 0 Å². The predicted molar refractivity (Wildman–Crippen MR) is 101 cm³/mol. The Morgan fingerprint density at radius 3 is 1.92 bits per heavy atom. The van der Waals surface area contributed by atoms with E-state index >= 15 is 0 Å². The second-order valence-electron chi connectivity index (χ2n) is 5.01. The number of benzene rings is 2. The maximum Gasteiger partial charge on any atom is 0.325 e. The third-order valence-corrected chi connectivity index (χ3v) is 4.26. The molecule has 0 atom stereocenters. The van der Waals surface area contributed by atoms with Gasteiger partial charge in [-0.2, -0.15) is 0 Å². The summed E-state index contributed by atoms with van der Waals surface area (Å²) in [4.78, 5) is 35.7. The SMILES string of the molecule is O=C(CNC(=O)c1ccc(Cl)cc1Cl)OCC(=O)c1ccc(Cl)cc1Cl. The van der Waals surface area contributed by atoms with Gasteiger partial charge in [0, 0.05) is 15.6 Å². The molecule has 9 heteroatoms. The van der Waals surface area contributed by atoms with Crippen molar-refractivity contribution in [1.29, 1.82) is 0 Å². The summed E-state index contributed by atoms with van der Waals surface area (Å²) in [5.74, 6) is -1.86. The van der Waals surface area contributed by atoms with Gasteiger partial charge in [-0.1, -0.05) is 46.4 Å². The highest BCUT2D eigenvalue weighted by atomic mass is 35.5. The van der Waals surface area contributed by atoms with Gasteiger partial charge in [0.15, 0.2) is 6.61 Å². The Kier molecular flexibility index (Phi) is 7.29. The average Bonchev–Trinajstić information content (AvgIpc) is 2.57. The second kappa shape index (κ2) is 9.24. The Labute approximate surface area is 169 Å². The van der Waals surface area contributed by atoms with Gasteiger partial charge in [0.1, 0.15) is 6.54 Å². The van der Waals surface area contributed by atoms with Crippen molar-refractivity contribution in [2.45, 2.75) is 0 Å². The zero-order valence-electron chi connectivity index (χ0n) is 13.0. The van der Waals surface area contributed by atoms with E-state index in [1.54, 1.807) is 0 Å². The van der Waals surface area contributed by atoms with E-state index in [4.69, 9.17) is 51.1 Å². The fourth-order valence-corrected chi connectivity index (χ4v) is 2.92. The normalized spacial score (nSPS) is 10.3. The van der Waals surface area contributed by atoms with Crippen molar-refractivity contribution in [2.24, 2.45) is 0 Å². The molecule has 5 nitrogen and oxygen atoms in total. The third kappa shape index (κ3) is 5.61. The summed E-state index contributed by atoms with van der Waals surface area (Å²) in [5, 5.41) is 3.41. The number of halogens is 4. The van der Waals surface area contributed by atoms with E-state index in [2.05, 4.69) is 5.32 Å². The third-order valence-electron chi connectivity index (χ3n) is 3.16. The fourth-order valence-electron chi connectivity index (χ4n) is 1.91. The highest BCUT2D eigenvalue weighted by Gasteiger charge is 2.15. The van der Waals surface area contributed by atoms with Crippen molar-refractivity contribution in [3.05, 3.63) is 67.6 Å². The average molecular weight is 435 g/mol. The number of ketones is 1. The van der Waals surface area contributed by atoms with Crippen LogP contribution in [0.3, 0.4) is 0 Å². The Morgan fingerprint density at radius 2 is 1.38 bits per heavy atom. The molecular formula is C17H11Cl4NO4. The molecule has 1 amide bonds. The summed E-state index contributed by atoms with van der Waals surface area (Å²) in [6.45, 7) is -0.947. The lowest BCUT2D eigenvalue weighted by molar-refractivity contribution is -0.141. The number of Topliss-reactive ketones (excluding diaryl/α,β-unsaturated/α-hetero) is 1. The molecule has 136 valence electrons. The van der Waals surface area contributed by atoms with Crippen LogP contribution in [0.5, 0.6) is 0 Å². The molecule has 1 N–H and O–H groups in total. The number of ether oxygens (including phenoxy) is 1. The minimum Gasteiger partial charge on any atom is -0.456 e. The lowest BCUT2D eigenvalue weighted by Gasteiger charge is -2.08. The van der Waals surface area contributed by atoms with Crippen LogP contribution in [0.1, 0.15) is 20.7 Å². The van der Waals surface area contributed by atoms with Crippen molar-refractivity contribution in [2.75, 3.05) is 13.2 Å². The molecule has 0 spiro atoms. The minimum atomic E-state index is -0.790. The molecule has 2 aromatic rings. The van der Waals surface area contributed by atoms with Crippen LogP contribution in [-0.2, 0) is 9.53 Å². The highest BCUT2D eigenvalue weighted by Crippen LogP contribution is 2.22. The Bertz CT molecular complexity index is 800. The molecule has 2 rings (SSSR count). The molecule has 0 saturated carbocycles. The van der Waals surface area contributed by atoms with E-state index in [1.165, 1.54) is 36.4 Å². The van der Waals surface area contributed by atoms with Crippen LogP contribution < -0.4 is 5.32 Å². The molecule has 0 heterocycles. The summed E-state index contributed by atoms with van der Waals surface area (Å²) >= 11 is 23.3. The van der Waals surface area contributed by atoms with Gasteiger partial charge in [0.2, 0.25) is 5.78 Å². The summed E-state index contributed by atoms with van der Waals surface area (Å²) in [7, 11) is 0. The number of carbonyl (C=O) groups is 3. The van der Waals surface area contributed by atoms with Gasteiger partial charge in [0.05, 0.1) is 15.6 Å². The zero-order chi connectivity index (χ0) is 19.3. The van der Waals surface area contributed by atoms with E-state index in [0.717, 1.165) is 0 Å². The van der Waals surface area contributed by atoms with Crippen LogP contribution >= 0.6 is 46.4 Å². The van der Waals surface area contributed by atoms with E-state index in [-0.39, 0.29) is 21.2 Å².